The van der Waals surface area contributed by atoms with E-state index in [9.17, 15) is 9.90 Å². The Morgan fingerprint density at radius 2 is 2.14 bits per heavy atom. The third-order valence-corrected chi connectivity index (χ3v) is 7.00. The van der Waals surface area contributed by atoms with Crippen LogP contribution >= 0.6 is 0 Å². The molecule has 0 amide bonds. The van der Waals surface area contributed by atoms with Crippen LogP contribution in [0, 0.1) is 29.1 Å². The minimum atomic E-state index is -1.26. The Hall–Kier alpha value is -1.09. The third kappa shape index (κ3) is 2.54. The van der Waals surface area contributed by atoms with Gasteiger partial charge in [-0.15, -0.1) is 0 Å². The third-order valence-electron chi connectivity index (χ3n) is 7.00. The molecule has 0 radical (unpaired) electrons. The van der Waals surface area contributed by atoms with Crippen LogP contribution in [-0.2, 0) is 4.79 Å². The van der Waals surface area contributed by atoms with Crippen molar-refractivity contribution in [2.24, 2.45) is 29.1 Å². The number of aliphatic hydroxyl groups excluding tert-OH is 1. The summed E-state index contributed by atoms with van der Waals surface area (Å²) < 4.78 is 0. The average molecular weight is 304 g/mol. The molecule has 1 spiro atoms. The number of hydrogen-bond acceptors (Lipinski definition) is 2. The van der Waals surface area contributed by atoms with Crippen LogP contribution in [0.3, 0.4) is 0 Å². The normalized spacial score (nSPS) is 41.8. The Morgan fingerprint density at radius 1 is 1.45 bits per heavy atom. The molecule has 0 aliphatic heterocycles. The highest BCUT2D eigenvalue weighted by atomic mass is 16.4. The fourth-order valence-corrected chi connectivity index (χ4v) is 5.13. The molecule has 0 aromatic heterocycles. The molecule has 6 atom stereocenters. The van der Waals surface area contributed by atoms with Crippen LogP contribution in [0.1, 0.15) is 52.4 Å². The number of carbonyl (C=O) groups is 1. The lowest BCUT2D eigenvalue weighted by Gasteiger charge is -2.40. The first-order valence-electron chi connectivity index (χ1n) is 8.65. The average Bonchev–Trinajstić information content (AvgIpc) is 2.97. The van der Waals surface area contributed by atoms with Crippen molar-refractivity contribution in [1.82, 2.24) is 0 Å². The summed E-state index contributed by atoms with van der Waals surface area (Å²) in [7, 11) is 0. The maximum atomic E-state index is 10.7. The number of carboxylic acid groups (broad SMARTS) is 1. The first-order chi connectivity index (χ1) is 10.3. The molecular formula is C19H28O3. The van der Waals surface area contributed by atoms with Gasteiger partial charge in [0.1, 0.15) is 0 Å². The van der Waals surface area contributed by atoms with Gasteiger partial charge in [-0.2, -0.15) is 0 Å². The molecule has 0 aromatic rings. The number of allylic oxidation sites excluding steroid dienone is 3. The van der Waals surface area contributed by atoms with Crippen molar-refractivity contribution in [2.75, 3.05) is 0 Å². The molecule has 0 heterocycles. The van der Waals surface area contributed by atoms with E-state index < -0.39 is 12.1 Å². The van der Waals surface area contributed by atoms with Gasteiger partial charge >= 0.3 is 5.97 Å². The molecule has 0 saturated heterocycles. The van der Waals surface area contributed by atoms with Gasteiger partial charge < -0.3 is 10.2 Å². The van der Waals surface area contributed by atoms with Crippen LogP contribution in [0.2, 0.25) is 0 Å². The second-order valence-electron chi connectivity index (χ2n) is 7.87. The Balaban J connectivity index is 1.64. The fourth-order valence-electron chi connectivity index (χ4n) is 5.13. The first kappa shape index (κ1) is 15.8. The van der Waals surface area contributed by atoms with E-state index in [0.717, 1.165) is 29.7 Å². The minimum absolute atomic E-state index is 0.287. The smallest absolute Gasteiger partial charge is 0.332 e. The Morgan fingerprint density at radius 3 is 2.73 bits per heavy atom. The molecule has 3 rings (SSSR count). The summed E-state index contributed by atoms with van der Waals surface area (Å²) in [5, 5.41) is 18.2. The molecule has 3 aliphatic rings. The van der Waals surface area contributed by atoms with Crippen molar-refractivity contribution in [3.05, 3.63) is 23.8 Å². The summed E-state index contributed by atoms with van der Waals surface area (Å²) in [6.45, 7) is 9.02. The van der Waals surface area contributed by atoms with Crippen LogP contribution in [0.4, 0.5) is 0 Å². The van der Waals surface area contributed by atoms with Crippen molar-refractivity contribution in [2.45, 2.75) is 58.5 Å². The first-order valence-corrected chi connectivity index (χ1v) is 8.65. The molecule has 0 bridgehead atoms. The Bertz CT molecular complexity index is 511. The second-order valence-corrected chi connectivity index (χ2v) is 7.87. The molecule has 3 nitrogen and oxygen atoms in total. The number of hydrogen-bond donors (Lipinski definition) is 2. The summed E-state index contributed by atoms with van der Waals surface area (Å²) in [5.74, 6) is 1.97. The summed E-state index contributed by atoms with van der Waals surface area (Å²) in [5.41, 5.74) is 2.96. The van der Waals surface area contributed by atoms with E-state index >= 15 is 0 Å². The van der Waals surface area contributed by atoms with E-state index in [0.29, 0.717) is 17.8 Å². The number of rotatable bonds is 4. The van der Waals surface area contributed by atoms with Crippen molar-refractivity contribution in [1.29, 1.82) is 0 Å². The van der Waals surface area contributed by atoms with Gasteiger partial charge in [-0.3, -0.25) is 0 Å². The predicted octanol–water partition coefficient (Wildman–Crippen LogP) is 3.79. The topological polar surface area (TPSA) is 57.5 Å². The lowest BCUT2D eigenvalue weighted by Crippen LogP contribution is -2.29. The van der Waals surface area contributed by atoms with Crippen molar-refractivity contribution in [3.8, 4) is 0 Å². The lowest BCUT2D eigenvalue weighted by atomic mass is 9.65. The Labute approximate surface area is 133 Å². The zero-order valence-electron chi connectivity index (χ0n) is 13.7. The van der Waals surface area contributed by atoms with Gasteiger partial charge in [0.05, 0.1) is 0 Å². The zero-order chi connectivity index (χ0) is 16.1. The maximum absolute atomic E-state index is 10.7. The molecule has 22 heavy (non-hydrogen) atoms. The van der Waals surface area contributed by atoms with Gasteiger partial charge in [0.25, 0.3) is 0 Å². The summed E-state index contributed by atoms with van der Waals surface area (Å²) in [6, 6.07) is 0. The van der Waals surface area contributed by atoms with Crippen molar-refractivity contribution < 1.29 is 15.0 Å². The lowest BCUT2D eigenvalue weighted by molar-refractivity contribution is -0.146. The van der Waals surface area contributed by atoms with E-state index in [4.69, 9.17) is 5.11 Å². The highest BCUT2D eigenvalue weighted by Crippen LogP contribution is 2.68. The second kappa shape index (κ2) is 5.52. The van der Waals surface area contributed by atoms with E-state index in [1.165, 1.54) is 24.8 Å². The van der Waals surface area contributed by atoms with Crippen LogP contribution < -0.4 is 0 Å². The van der Waals surface area contributed by atoms with Crippen LogP contribution in [0.25, 0.3) is 0 Å². The number of aliphatic hydroxyl groups is 1. The molecule has 0 aromatic carbocycles. The molecule has 2 unspecified atom stereocenters. The van der Waals surface area contributed by atoms with Gasteiger partial charge in [0.2, 0.25) is 0 Å². The highest BCUT2D eigenvalue weighted by Gasteiger charge is 2.60. The highest BCUT2D eigenvalue weighted by molar-refractivity contribution is 5.71. The van der Waals surface area contributed by atoms with Crippen LogP contribution in [-0.4, -0.2) is 22.3 Å². The summed E-state index contributed by atoms with van der Waals surface area (Å²) >= 11 is 0. The van der Waals surface area contributed by atoms with E-state index in [2.05, 4.69) is 26.5 Å². The monoisotopic (exact) mass is 304 g/mol. The minimum Gasteiger partial charge on any atom is -0.479 e. The van der Waals surface area contributed by atoms with Crippen molar-refractivity contribution >= 4 is 5.97 Å². The molecular weight excluding hydrogens is 276 g/mol. The zero-order valence-corrected chi connectivity index (χ0v) is 13.7. The predicted molar refractivity (Wildman–Crippen MR) is 86.3 cm³/mol. The van der Waals surface area contributed by atoms with Crippen molar-refractivity contribution in [3.63, 3.8) is 0 Å². The Kier molecular flexibility index (Phi) is 3.96. The van der Waals surface area contributed by atoms with Crippen LogP contribution in [0.15, 0.2) is 23.8 Å². The van der Waals surface area contributed by atoms with Gasteiger partial charge in [-0.25, -0.2) is 4.79 Å². The molecule has 3 heteroatoms. The fraction of sp³-hybridized carbons (Fsp3) is 0.737. The number of aliphatic carboxylic acids is 1. The number of carboxylic acids is 1. The van der Waals surface area contributed by atoms with Gasteiger partial charge in [0.15, 0.2) is 6.10 Å². The number of fused-ring (bicyclic) bond motifs is 1. The van der Waals surface area contributed by atoms with Gasteiger partial charge in [0, 0.05) is 0 Å². The largest absolute Gasteiger partial charge is 0.479 e. The molecule has 122 valence electrons. The van der Waals surface area contributed by atoms with E-state index in [1.54, 1.807) is 0 Å². The summed E-state index contributed by atoms with van der Waals surface area (Å²) in [4.78, 5) is 10.7. The van der Waals surface area contributed by atoms with Crippen LogP contribution in [0.5, 0.6) is 0 Å². The standard InChI is InChI=1S/C19H28O3/c1-11-8-16-10-19(12(2)13(19)3)7-6-15(16)9-14(11)4-5-17(20)18(21)22/h9,12-13,15-17,20H,1,4-8,10H2,2-3H3,(H,21,22)/t12-,13?,15+,16-,17-,19?/m1/s1. The maximum Gasteiger partial charge on any atom is 0.332 e. The molecule has 2 fully saturated rings. The molecule has 2 N–H and O–H groups in total. The van der Waals surface area contributed by atoms with E-state index in [1.807, 2.05) is 0 Å². The SMILES string of the molecule is C=C1C[C@@H]2CC3(CC[C@H]2C=C1CC[C@@H](O)C(=O)O)C(C)[C@H]3C. The molecule has 3 aliphatic carbocycles. The van der Waals surface area contributed by atoms with E-state index in [-0.39, 0.29) is 6.42 Å². The summed E-state index contributed by atoms with van der Waals surface area (Å²) in [6.07, 6.45) is 7.00. The van der Waals surface area contributed by atoms with Gasteiger partial charge in [-0.05, 0) is 73.2 Å². The quantitative estimate of drug-likeness (QED) is 0.831. The molecule has 2 saturated carbocycles. The van der Waals surface area contributed by atoms with Gasteiger partial charge in [-0.1, -0.05) is 32.1 Å².